The van der Waals surface area contributed by atoms with Gasteiger partial charge in [-0.1, -0.05) is 18.2 Å². The highest BCUT2D eigenvalue weighted by Crippen LogP contribution is 2.26. The predicted octanol–water partition coefficient (Wildman–Crippen LogP) is 0.598. The van der Waals surface area contributed by atoms with Crippen LogP contribution in [0.5, 0.6) is 0 Å². The third kappa shape index (κ3) is 2.37. The first-order valence-corrected chi connectivity index (χ1v) is 6.42. The summed E-state index contributed by atoms with van der Waals surface area (Å²) in [6.45, 7) is 0.663. The molecule has 0 aromatic carbocycles. The molecule has 0 aromatic heterocycles. The lowest BCUT2D eigenvalue weighted by atomic mass is 9.85. The van der Waals surface area contributed by atoms with Gasteiger partial charge in [0.25, 0.3) is 5.24 Å². The summed E-state index contributed by atoms with van der Waals surface area (Å²) in [5.41, 5.74) is 0. The second-order valence-electron chi connectivity index (χ2n) is 4.02. The first-order valence-electron chi connectivity index (χ1n) is 5.43. The molecule has 0 aromatic rings. The summed E-state index contributed by atoms with van der Waals surface area (Å²) in [5.74, 6) is 0.278. The minimum absolute atomic E-state index is 0.0537. The third-order valence-electron chi connectivity index (χ3n) is 2.95. The molecule has 2 fully saturated rings. The number of hydrogen-bond donors (Lipinski definition) is 1. The number of hydrogen-bond acceptors (Lipinski definition) is 4. The average molecular weight is 242 g/mol. The molecule has 1 heterocycles. The van der Waals surface area contributed by atoms with Crippen LogP contribution in [0, 0.1) is 5.92 Å². The standard InChI is InChI=1S/C10H14N2O3S/c13-8-6-16-10(15)12(8)5-4-11-9(14)7-2-1-3-7/h7H,1-6H2,(H,11,14). The van der Waals surface area contributed by atoms with E-state index in [1.807, 2.05) is 0 Å². The monoisotopic (exact) mass is 242 g/mol. The van der Waals surface area contributed by atoms with Gasteiger partial charge in [-0.3, -0.25) is 19.3 Å². The van der Waals surface area contributed by atoms with Crippen LogP contribution in [0.25, 0.3) is 0 Å². The maximum atomic E-state index is 11.5. The summed E-state index contributed by atoms with van der Waals surface area (Å²) < 4.78 is 0. The van der Waals surface area contributed by atoms with Gasteiger partial charge in [0.15, 0.2) is 0 Å². The fraction of sp³-hybridized carbons (Fsp3) is 0.700. The van der Waals surface area contributed by atoms with Crippen LogP contribution in [0.3, 0.4) is 0 Å². The Morgan fingerprint density at radius 3 is 2.69 bits per heavy atom. The molecule has 88 valence electrons. The van der Waals surface area contributed by atoms with Gasteiger partial charge in [-0.25, -0.2) is 0 Å². The molecule has 5 nitrogen and oxygen atoms in total. The highest BCUT2D eigenvalue weighted by molar-refractivity contribution is 8.14. The van der Waals surface area contributed by atoms with Crippen molar-refractivity contribution in [1.82, 2.24) is 10.2 Å². The molecule has 1 saturated carbocycles. The van der Waals surface area contributed by atoms with Crippen molar-refractivity contribution in [3.05, 3.63) is 0 Å². The van der Waals surface area contributed by atoms with Crippen molar-refractivity contribution in [3.63, 3.8) is 0 Å². The molecule has 1 aliphatic carbocycles. The second kappa shape index (κ2) is 4.86. The lowest BCUT2D eigenvalue weighted by Gasteiger charge is -2.24. The van der Waals surface area contributed by atoms with Crippen molar-refractivity contribution in [2.24, 2.45) is 5.92 Å². The minimum atomic E-state index is -0.206. The molecule has 16 heavy (non-hydrogen) atoms. The number of imide groups is 1. The fourth-order valence-electron chi connectivity index (χ4n) is 1.70. The molecule has 0 atom stereocenters. The molecule has 2 aliphatic rings. The first-order chi connectivity index (χ1) is 7.68. The van der Waals surface area contributed by atoms with Crippen LogP contribution >= 0.6 is 11.8 Å². The Hall–Kier alpha value is -1.04. The molecule has 3 amide bonds. The van der Waals surface area contributed by atoms with Crippen molar-refractivity contribution in [2.75, 3.05) is 18.8 Å². The molecule has 2 rings (SSSR count). The van der Waals surface area contributed by atoms with Gasteiger partial charge in [0.2, 0.25) is 11.8 Å². The van der Waals surface area contributed by atoms with Crippen molar-refractivity contribution in [2.45, 2.75) is 19.3 Å². The summed E-state index contributed by atoms with van der Waals surface area (Å²) in [7, 11) is 0. The molecule has 1 saturated heterocycles. The number of amides is 3. The highest BCUT2D eigenvalue weighted by Gasteiger charge is 2.30. The number of nitrogens with one attached hydrogen (secondary N) is 1. The molecular formula is C10H14N2O3S. The van der Waals surface area contributed by atoms with Crippen molar-refractivity contribution in [1.29, 1.82) is 0 Å². The molecule has 0 radical (unpaired) electrons. The predicted molar refractivity (Wildman–Crippen MR) is 59.9 cm³/mol. The number of carbonyl (C=O) groups is 3. The smallest absolute Gasteiger partial charge is 0.288 e. The van der Waals surface area contributed by atoms with Gasteiger partial charge < -0.3 is 5.32 Å². The van der Waals surface area contributed by atoms with E-state index in [4.69, 9.17) is 0 Å². The van der Waals surface area contributed by atoms with Crippen molar-refractivity contribution < 1.29 is 14.4 Å². The zero-order valence-electron chi connectivity index (χ0n) is 8.90. The molecule has 0 unspecified atom stereocenters. The van der Waals surface area contributed by atoms with Gasteiger partial charge in [0, 0.05) is 19.0 Å². The van der Waals surface area contributed by atoms with E-state index < -0.39 is 0 Å². The Morgan fingerprint density at radius 2 is 2.19 bits per heavy atom. The van der Waals surface area contributed by atoms with E-state index in [0.29, 0.717) is 13.1 Å². The van der Waals surface area contributed by atoms with Crippen LogP contribution in [0.2, 0.25) is 0 Å². The Labute approximate surface area is 97.9 Å². The normalized spacial score (nSPS) is 21.1. The Bertz CT molecular complexity index is 312. The quantitative estimate of drug-likeness (QED) is 0.784. The van der Waals surface area contributed by atoms with E-state index in [0.717, 1.165) is 31.0 Å². The first kappa shape index (κ1) is 11.4. The van der Waals surface area contributed by atoms with Gasteiger partial charge in [0.05, 0.1) is 5.75 Å². The summed E-state index contributed by atoms with van der Waals surface area (Å²) in [4.78, 5) is 35.1. The SMILES string of the molecule is O=C(NCCN1C(=O)CSC1=O)C1CCC1. The molecule has 1 N–H and O–H groups in total. The van der Waals surface area contributed by atoms with Gasteiger partial charge >= 0.3 is 0 Å². The third-order valence-corrected chi connectivity index (χ3v) is 3.81. The van der Waals surface area contributed by atoms with Crippen LogP contribution in [0.1, 0.15) is 19.3 Å². The number of nitrogens with zero attached hydrogens (tertiary/aromatic N) is 1. The summed E-state index contributed by atoms with van der Waals surface area (Å²) >= 11 is 1.02. The zero-order chi connectivity index (χ0) is 11.5. The second-order valence-corrected chi connectivity index (χ2v) is 4.95. The summed E-state index contributed by atoms with van der Waals surface area (Å²) in [5, 5.41) is 2.55. The lowest BCUT2D eigenvalue weighted by molar-refractivity contribution is -0.128. The Morgan fingerprint density at radius 1 is 1.44 bits per heavy atom. The highest BCUT2D eigenvalue weighted by atomic mass is 32.2. The van der Waals surface area contributed by atoms with E-state index in [2.05, 4.69) is 5.32 Å². The van der Waals surface area contributed by atoms with Crippen molar-refractivity contribution >= 4 is 28.8 Å². The molecular weight excluding hydrogens is 228 g/mol. The van der Waals surface area contributed by atoms with E-state index in [1.165, 1.54) is 4.90 Å². The molecule has 0 bridgehead atoms. The topological polar surface area (TPSA) is 66.5 Å². The fourth-order valence-corrected chi connectivity index (χ4v) is 2.45. The van der Waals surface area contributed by atoms with E-state index in [-0.39, 0.29) is 28.7 Å². The number of rotatable bonds is 4. The summed E-state index contributed by atoms with van der Waals surface area (Å²) in [6.07, 6.45) is 3.05. The van der Waals surface area contributed by atoms with Crippen LogP contribution in [-0.4, -0.2) is 40.8 Å². The maximum absolute atomic E-state index is 11.5. The van der Waals surface area contributed by atoms with Crippen LogP contribution in [-0.2, 0) is 9.59 Å². The average Bonchev–Trinajstić information content (AvgIpc) is 2.46. The van der Waals surface area contributed by atoms with Crippen LogP contribution in [0.15, 0.2) is 0 Å². The van der Waals surface area contributed by atoms with Gasteiger partial charge in [-0.15, -0.1) is 0 Å². The van der Waals surface area contributed by atoms with Crippen molar-refractivity contribution in [3.8, 4) is 0 Å². The van der Waals surface area contributed by atoms with Gasteiger partial charge in [-0.2, -0.15) is 0 Å². The van der Waals surface area contributed by atoms with E-state index >= 15 is 0 Å². The summed E-state index contributed by atoms with van der Waals surface area (Å²) in [6, 6.07) is 0. The van der Waals surface area contributed by atoms with E-state index in [1.54, 1.807) is 0 Å². The largest absolute Gasteiger partial charge is 0.354 e. The number of thioether (sulfide) groups is 1. The Balaban J connectivity index is 1.69. The van der Waals surface area contributed by atoms with Gasteiger partial charge in [-0.05, 0) is 12.8 Å². The van der Waals surface area contributed by atoms with Crippen LogP contribution in [0.4, 0.5) is 4.79 Å². The zero-order valence-corrected chi connectivity index (χ0v) is 9.72. The maximum Gasteiger partial charge on any atom is 0.288 e. The Kier molecular flexibility index (Phi) is 3.48. The minimum Gasteiger partial charge on any atom is -0.354 e. The molecule has 0 spiro atoms. The van der Waals surface area contributed by atoms with Gasteiger partial charge in [0.1, 0.15) is 0 Å². The molecule has 6 heteroatoms. The number of carbonyl (C=O) groups excluding carboxylic acids is 3. The van der Waals surface area contributed by atoms with Crippen LogP contribution < -0.4 is 5.32 Å². The lowest BCUT2D eigenvalue weighted by Crippen LogP contribution is -2.40. The van der Waals surface area contributed by atoms with E-state index in [9.17, 15) is 14.4 Å². The molecule has 1 aliphatic heterocycles.